The van der Waals surface area contributed by atoms with Gasteiger partial charge in [0.15, 0.2) is 0 Å². The third-order valence-electron chi connectivity index (χ3n) is 17.1. The van der Waals surface area contributed by atoms with E-state index < -0.39 is 0 Å². The number of carbonyl (C=O) groups excluding carboxylic acids is 1. The van der Waals surface area contributed by atoms with Gasteiger partial charge in [0.2, 0.25) is 0 Å². The number of allylic oxidation sites excluding steroid dienone is 2. The second-order valence-corrected chi connectivity index (χ2v) is 20.1. The maximum absolute atomic E-state index is 13.2. The van der Waals surface area contributed by atoms with Crippen molar-refractivity contribution in [3.05, 3.63) is 11.6 Å². The number of ether oxygens (including phenoxy) is 1. The summed E-state index contributed by atoms with van der Waals surface area (Å²) in [6.45, 7) is 23.1. The first-order valence-electron chi connectivity index (χ1n) is 21.6. The molecule has 0 aromatic rings. The van der Waals surface area contributed by atoms with E-state index in [1.807, 2.05) is 5.57 Å². The molecule has 0 radical (unpaired) electrons. The fraction of sp³-hybridized carbons (Fsp3) is 0.935. The van der Waals surface area contributed by atoms with Gasteiger partial charge in [0.25, 0.3) is 0 Å². The smallest absolute Gasteiger partial charge is 0.306 e. The van der Waals surface area contributed by atoms with Crippen LogP contribution in [0.1, 0.15) is 210 Å². The van der Waals surface area contributed by atoms with E-state index in [1.54, 1.807) is 0 Å². The van der Waals surface area contributed by atoms with E-state index in [-0.39, 0.29) is 17.5 Å². The Labute approximate surface area is 299 Å². The minimum absolute atomic E-state index is 0.0311. The van der Waals surface area contributed by atoms with Gasteiger partial charge in [0, 0.05) is 11.8 Å². The number of esters is 1. The lowest BCUT2D eigenvalue weighted by atomic mass is 9.33. The molecule has 0 aromatic carbocycles. The summed E-state index contributed by atoms with van der Waals surface area (Å²) in [7, 11) is 0. The van der Waals surface area contributed by atoms with Crippen LogP contribution in [0, 0.1) is 56.7 Å². The lowest BCUT2D eigenvalue weighted by Gasteiger charge is -2.71. The number of fused-ring (bicyclic) bond motifs is 7. The fourth-order valence-electron chi connectivity index (χ4n) is 13.5. The summed E-state index contributed by atoms with van der Waals surface area (Å²) in [4.78, 5) is 13.2. The highest BCUT2D eigenvalue weighted by Gasteiger charge is 2.68. The maximum Gasteiger partial charge on any atom is 0.306 e. The van der Waals surface area contributed by atoms with E-state index in [1.165, 1.54) is 128 Å². The molecular weight excluding hydrogens is 585 g/mol. The molecule has 10 atom stereocenters. The molecule has 276 valence electrons. The van der Waals surface area contributed by atoms with E-state index in [0.717, 1.165) is 36.5 Å². The molecule has 48 heavy (non-hydrogen) atoms. The standard InChI is InChI=1S/C46H80O2/c1-10-11-12-13-14-15-16-17-18-19-20-21-22-23-40(47)48-39-28-30-44(7)37(42(39,4)5)27-31-46(9)38(44)25-24-36-41-35(3)34(2)26-29-43(41,6)32-33-45(36,46)8/h24,34-35,37-39,41H,10-23,25-33H2,1-9H3/t34-,35+,37+,38-,39+,41+,43-,44+,45-,46-/m0/s1. The number of hydrogen-bond donors (Lipinski definition) is 0. The molecule has 5 aliphatic rings. The largest absolute Gasteiger partial charge is 0.462 e. The molecule has 4 saturated carbocycles. The van der Waals surface area contributed by atoms with Crippen LogP contribution in [0.4, 0.5) is 0 Å². The molecule has 0 N–H and O–H groups in total. The van der Waals surface area contributed by atoms with Crippen LogP contribution in [-0.4, -0.2) is 12.1 Å². The Morgan fingerprint density at radius 2 is 1.31 bits per heavy atom. The predicted molar refractivity (Wildman–Crippen MR) is 205 cm³/mol. The van der Waals surface area contributed by atoms with Crippen LogP contribution in [0.2, 0.25) is 0 Å². The zero-order valence-corrected chi connectivity index (χ0v) is 33.6. The summed E-state index contributed by atoms with van der Waals surface area (Å²) in [6.07, 6.45) is 32.7. The van der Waals surface area contributed by atoms with Gasteiger partial charge in [0.1, 0.15) is 6.10 Å². The summed E-state index contributed by atoms with van der Waals surface area (Å²) < 4.78 is 6.42. The molecule has 0 spiro atoms. The van der Waals surface area contributed by atoms with Gasteiger partial charge in [-0.05, 0) is 115 Å². The van der Waals surface area contributed by atoms with Crippen LogP contribution in [-0.2, 0) is 9.53 Å². The van der Waals surface area contributed by atoms with E-state index in [4.69, 9.17) is 4.74 Å². The lowest BCUT2D eigenvalue weighted by Crippen LogP contribution is -2.65. The lowest BCUT2D eigenvalue weighted by molar-refractivity contribution is -0.213. The summed E-state index contributed by atoms with van der Waals surface area (Å²) in [5.41, 5.74) is 3.40. The Bertz CT molecular complexity index is 1100. The van der Waals surface area contributed by atoms with Crippen molar-refractivity contribution in [2.24, 2.45) is 56.7 Å². The molecule has 0 unspecified atom stereocenters. The molecule has 2 heteroatoms. The van der Waals surface area contributed by atoms with E-state index >= 15 is 0 Å². The highest BCUT2D eigenvalue weighted by atomic mass is 16.5. The SMILES string of the molecule is CCCCCCCCCCCCCCCC(=O)O[C@@H]1CC[C@]2(C)[C@H](CC[C@@]3(C)[C@H]2CC=C2[C@H]4[C@H](C)[C@@H](C)CC[C@@]4(C)CC[C@@]23C)C1(C)C. The quantitative estimate of drug-likeness (QED) is 0.0989. The van der Waals surface area contributed by atoms with Crippen molar-refractivity contribution < 1.29 is 9.53 Å². The van der Waals surface area contributed by atoms with Crippen molar-refractivity contribution in [1.29, 1.82) is 0 Å². The zero-order chi connectivity index (χ0) is 34.8. The third-order valence-corrected chi connectivity index (χ3v) is 17.1. The first kappa shape index (κ1) is 38.4. The fourth-order valence-corrected chi connectivity index (χ4v) is 13.5. The molecule has 0 heterocycles. The van der Waals surface area contributed by atoms with E-state index in [2.05, 4.69) is 68.4 Å². The molecule has 0 bridgehead atoms. The number of hydrogen-bond acceptors (Lipinski definition) is 2. The van der Waals surface area contributed by atoms with Gasteiger partial charge in [-0.1, -0.05) is 151 Å². The van der Waals surface area contributed by atoms with Crippen LogP contribution in [0.5, 0.6) is 0 Å². The third kappa shape index (κ3) is 7.14. The summed E-state index contributed by atoms with van der Waals surface area (Å²) in [5.74, 6) is 3.81. The minimum atomic E-state index is 0.0311. The molecular formula is C46H80O2. The van der Waals surface area contributed by atoms with Gasteiger partial charge in [-0.25, -0.2) is 0 Å². The molecule has 0 aromatic heterocycles. The molecule has 0 amide bonds. The normalized spacial score (nSPS) is 41.7. The molecule has 2 nitrogen and oxygen atoms in total. The van der Waals surface area contributed by atoms with Gasteiger partial charge in [-0.2, -0.15) is 0 Å². The van der Waals surface area contributed by atoms with Crippen molar-refractivity contribution in [2.75, 3.05) is 0 Å². The van der Waals surface area contributed by atoms with Crippen molar-refractivity contribution in [3.8, 4) is 0 Å². The van der Waals surface area contributed by atoms with Crippen LogP contribution in [0.3, 0.4) is 0 Å². The summed E-state index contributed by atoms with van der Waals surface area (Å²) in [6, 6.07) is 0. The van der Waals surface area contributed by atoms with Crippen LogP contribution in [0.25, 0.3) is 0 Å². The van der Waals surface area contributed by atoms with Crippen molar-refractivity contribution in [2.45, 2.75) is 216 Å². The zero-order valence-electron chi connectivity index (χ0n) is 33.6. The Hall–Kier alpha value is -0.790. The number of rotatable bonds is 15. The Kier molecular flexibility index (Phi) is 12.4. The first-order valence-corrected chi connectivity index (χ1v) is 21.6. The maximum atomic E-state index is 13.2. The Morgan fingerprint density at radius 1 is 0.708 bits per heavy atom. The summed E-state index contributed by atoms with van der Waals surface area (Å²) >= 11 is 0. The molecule has 0 saturated heterocycles. The number of unbranched alkanes of at least 4 members (excludes halogenated alkanes) is 12. The predicted octanol–water partition coefficient (Wildman–Crippen LogP) is 14.1. The van der Waals surface area contributed by atoms with Crippen LogP contribution in [0.15, 0.2) is 11.6 Å². The average molecular weight is 665 g/mol. The van der Waals surface area contributed by atoms with Crippen molar-refractivity contribution in [1.82, 2.24) is 0 Å². The van der Waals surface area contributed by atoms with E-state index in [0.29, 0.717) is 34.0 Å². The molecule has 5 aliphatic carbocycles. The second-order valence-electron chi connectivity index (χ2n) is 20.1. The summed E-state index contributed by atoms with van der Waals surface area (Å²) in [5, 5.41) is 0. The number of carbonyl (C=O) groups is 1. The van der Waals surface area contributed by atoms with Gasteiger partial charge in [-0.15, -0.1) is 0 Å². The van der Waals surface area contributed by atoms with Gasteiger partial charge in [-0.3, -0.25) is 4.79 Å². The van der Waals surface area contributed by atoms with Gasteiger partial charge >= 0.3 is 5.97 Å². The highest BCUT2D eigenvalue weighted by Crippen LogP contribution is 2.75. The van der Waals surface area contributed by atoms with E-state index in [9.17, 15) is 4.79 Å². The van der Waals surface area contributed by atoms with Crippen LogP contribution < -0.4 is 0 Å². The van der Waals surface area contributed by atoms with Crippen molar-refractivity contribution >= 4 is 5.97 Å². The van der Waals surface area contributed by atoms with Gasteiger partial charge in [0.05, 0.1) is 0 Å². The topological polar surface area (TPSA) is 26.3 Å². The average Bonchev–Trinajstić information content (AvgIpc) is 3.03. The minimum Gasteiger partial charge on any atom is -0.462 e. The van der Waals surface area contributed by atoms with Crippen LogP contribution >= 0.6 is 0 Å². The van der Waals surface area contributed by atoms with Crippen molar-refractivity contribution in [3.63, 3.8) is 0 Å². The second kappa shape index (κ2) is 15.4. The monoisotopic (exact) mass is 665 g/mol. The first-order chi connectivity index (χ1) is 22.7. The van der Waals surface area contributed by atoms with Gasteiger partial charge < -0.3 is 4.74 Å². The molecule has 5 rings (SSSR count). The Balaban J connectivity index is 1.12. The molecule has 4 fully saturated rings. The molecule has 0 aliphatic heterocycles. The highest BCUT2D eigenvalue weighted by molar-refractivity contribution is 5.69. The Morgan fingerprint density at radius 3 is 1.94 bits per heavy atom.